The van der Waals surface area contributed by atoms with Crippen LogP contribution in [0, 0.1) is 11.6 Å². The zero-order valence-electron chi connectivity index (χ0n) is 10.1. The number of alkyl halides is 1. The maximum atomic E-state index is 13.1. The molecule has 1 aliphatic carbocycles. The van der Waals surface area contributed by atoms with Gasteiger partial charge >= 0.3 is 0 Å². The molecule has 1 N–H and O–H groups in total. The number of hydrogen-bond donors (Lipinski definition) is 1. The van der Waals surface area contributed by atoms with E-state index >= 15 is 0 Å². The van der Waals surface area contributed by atoms with Crippen molar-refractivity contribution in [2.75, 3.05) is 0 Å². The maximum absolute atomic E-state index is 13.1. The zero-order valence-corrected chi connectivity index (χ0v) is 11.6. The maximum Gasteiger partial charge on any atom is 0.240 e. The first-order chi connectivity index (χ1) is 8.90. The van der Waals surface area contributed by atoms with Crippen LogP contribution in [0.15, 0.2) is 23.1 Å². The Morgan fingerprint density at radius 1 is 1.16 bits per heavy atom. The molecule has 2 atom stereocenters. The smallest absolute Gasteiger partial charge is 0.207 e. The molecule has 0 heterocycles. The summed E-state index contributed by atoms with van der Waals surface area (Å²) >= 11 is 6.07. The Bertz CT molecular complexity index is 565. The normalized spacial score (nSPS) is 24.4. The van der Waals surface area contributed by atoms with Crippen LogP contribution in [-0.2, 0) is 10.0 Å². The number of hydrogen-bond acceptors (Lipinski definition) is 2. The fourth-order valence-electron chi connectivity index (χ4n) is 2.13. The van der Waals surface area contributed by atoms with E-state index in [9.17, 15) is 17.2 Å². The molecule has 1 saturated carbocycles. The van der Waals surface area contributed by atoms with E-state index in [-0.39, 0.29) is 16.3 Å². The molecular weight excluding hydrogens is 296 g/mol. The topological polar surface area (TPSA) is 46.2 Å². The fraction of sp³-hybridized carbons (Fsp3) is 0.500. The van der Waals surface area contributed by atoms with Gasteiger partial charge in [0.05, 0.1) is 4.90 Å². The average Bonchev–Trinajstić information content (AvgIpc) is 2.35. The Morgan fingerprint density at radius 3 is 2.47 bits per heavy atom. The standard InChI is InChI=1S/C12H14ClF2NO2S/c13-9-3-1-2-4-12(9)16-19(17,18)8-5-6-10(14)11(15)7-8/h5-7,9,12,16H,1-4H2. The molecule has 1 aliphatic rings. The lowest BCUT2D eigenvalue weighted by atomic mass is 9.96. The van der Waals surface area contributed by atoms with E-state index in [1.165, 1.54) is 0 Å². The van der Waals surface area contributed by atoms with Gasteiger partial charge in [-0.1, -0.05) is 12.8 Å². The van der Waals surface area contributed by atoms with Crippen LogP contribution in [0.5, 0.6) is 0 Å². The van der Waals surface area contributed by atoms with Gasteiger partial charge in [0.25, 0.3) is 0 Å². The van der Waals surface area contributed by atoms with Gasteiger partial charge in [-0.05, 0) is 31.0 Å². The van der Waals surface area contributed by atoms with E-state index in [0.717, 1.165) is 31.4 Å². The molecule has 3 nitrogen and oxygen atoms in total. The second-order valence-electron chi connectivity index (χ2n) is 4.60. The summed E-state index contributed by atoms with van der Waals surface area (Å²) in [4.78, 5) is -0.291. The molecule has 0 amide bonds. The predicted molar refractivity (Wildman–Crippen MR) is 68.6 cm³/mol. The van der Waals surface area contributed by atoms with Crippen molar-refractivity contribution in [2.24, 2.45) is 0 Å². The van der Waals surface area contributed by atoms with Gasteiger partial charge < -0.3 is 0 Å². The van der Waals surface area contributed by atoms with Gasteiger partial charge in [-0.2, -0.15) is 0 Å². The molecule has 0 bridgehead atoms. The second-order valence-corrected chi connectivity index (χ2v) is 6.88. The fourth-order valence-corrected chi connectivity index (χ4v) is 3.87. The highest BCUT2D eigenvalue weighted by atomic mass is 35.5. The number of rotatable bonds is 3. The molecule has 0 saturated heterocycles. The molecule has 0 aliphatic heterocycles. The second kappa shape index (κ2) is 5.73. The number of benzene rings is 1. The quantitative estimate of drug-likeness (QED) is 0.873. The SMILES string of the molecule is O=S(=O)(NC1CCCCC1Cl)c1ccc(F)c(F)c1. The van der Waals surface area contributed by atoms with Gasteiger partial charge in [0.2, 0.25) is 10.0 Å². The first-order valence-corrected chi connectivity index (χ1v) is 7.93. The molecule has 2 unspecified atom stereocenters. The number of halogens is 3. The summed E-state index contributed by atoms with van der Waals surface area (Å²) in [5.41, 5.74) is 0. The molecule has 0 aromatic heterocycles. The number of nitrogens with one attached hydrogen (secondary N) is 1. The molecule has 19 heavy (non-hydrogen) atoms. The molecular formula is C12H14ClF2NO2S. The summed E-state index contributed by atoms with van der Waals surface area (Å²) in [5, 5.41) is -0.270. The lowest BCUT2D eigenvalue weighted by Crippen LogP contribution is -2.42. The minimum atomic E-state index is -3.87. The minimum Gasteiger partial charge on any atom is -0.207 e. The van der Waals surface area contributed by atoms with Crippen LogP contribution in [0.4, 0.5) is 8.78 Å². The lowest BCUT2D eigenvalue weighted by molar-refractivity contribution is 0.418. The van der Waals surface area contributed by atoms with E-state index in [1.807, 2.05) is 0 Å². The van der Waals surface area contributed by atoms with Crippen LogP contribution in [-0.4, -0.2) is 19.8 Å². The van der Waals surface area contributed by atoms with Crippen molar-refractivity contribution in [3.05, 3.63) is 29.8 Å². The average molecular weight is 310 g/mol. The largest absolute Gasteiger partial charge is 0.240 e. The summed E-state index contributed by atoms with van der Waals surface area (Å²) in [5.74, 6) is -2.26. The van der Waals surface area contributed by atoms with Crippen LogP contribution in [0.1, 0.15) is 25.7 Å². The summed E-state index contributed by atoms with van der Waals surface area (Å²) < 4.78 is 52.4. The molecule has 7 heteroatoms. The van der Waals surface area contributed by atoms with Crippen LogP contribution >= 0.6 is 11.6 Å². The molecule has 106 valence electrons. The van der Waals surface area contributed by atoms with Crippen molar-refractivity contribution in [3.8, 4) is 0 Å². The molecule has 0 spiro atoms. The first kappa shape index (κ1) is 14.7. The van der Waals surface area contributed by atoms with E-state index < -0.39 is 21.7 Å². The van der Waals surface area contributed by atoms with E-state index in [1.54, 1.807) is 0 Å². The van der Waals surface area contributed by atoms with E-state index in [4.69, 9.17) is 11.6 Å². The van der Waals surface area contributed by atoms with Crippen LogP contribution in [0.25, 0.3) is 0 Å². The van der Waals surface area contributed by atoms with Gasteiger partial charge in [-0.15, -0.1) is 11.6 Å². The summed E-state index contributed by atoms with van der Waals surface area (Å²) in [6, 6.07) is 2.13. The molecule has 2 rings (SSSR count). The zero-order chi connectivity index (χ0) is 14.0. The first-order valence-electron chi connectivity index (χ1n) is 6.01. The third-order valence-electron chi connectivity index (χ3n) is 3.19. The van der Waals surface area contributed by atoms with Crippen LogP contribution in [0.2, 0.25) is 0 Å². The van der Waals surface area contributed by atoms with Crippen molar-refractivity contribution in [2.45, 2.75) is 42.0 Å². The molecule has 1 aromatic rings. The predicted octanol–water partition coefficient (Wildman–Crippen LogP) is 2.79. The highest BCUT2D eigenvalue weighted by Crippen LogP contribution is 2.25. The summed E-state index contributed by atoms with van der Waals surface area (Å²) in [6.07, 6.45) is 3.26. The lowest BCUT2D eigenvalue weighted by Gasteiger charge is -2.27. The Labute approximate surface area is 116 Å². The summed E-state index contributed by atoms with van der Waals surface area (Å²) in [6.45, 7) is 0. The third kappa shape index (κ3) is 3.43. The highest BCUT2D eigenvalue weighted by molar-refractivity contribution is 7.89. The summed E-state index contributed by atoms with van der Waals surface area (Å²) in [7, 11) is -3.87. The van der Waals surface area contributed by atoms with E-state index in [0.29, 0.717) is 12.5 Å². The van der Waals surface area contributed by atoms with Gasteiger partial charge in [0.15, 0.2) is 11.6 Å². The van der Waals surface area contributed by atoms with E-state index in [2.05, 4.69) is 4.72 Å². The molecule has 0 radical (unpaired) electrons. The molecule has 1 fully saturated rings. The molecule has 1 aromatic carbocycles. The van der Waals surface area contributed by atoms with Gasteiger partial charge in [0, 0.05) is 11.4 Å². The monoisotopic (exact) mass is 309 g/mol. The van der Waals surface area contributed by atoms with Gasteiger partial charge in [-0.3, -0.25) is 0 Å². The Morgan fingerprint density at radius 2 is 1.84 bits per heavy atom. The Hall–Kier alpha value is -0.720. The minimum absolute atomic E-state index is 0.270. The van der Waals surface area contributed by atoms with Crippen molar-refractivity contribution >= 4 is 21.6 Å². The van der Waals surface area contributed by atoms with Gasteiger partial charge in [-0.25, -0.2) is 21.9 Å². The van der Waals surface area contributed by atoms with Crippen molar-refractivity contribution in [1.82, 2.24) is 4.72 Å². The van der Waals surface area contributed by atoms with Crippen LogP contribution < -0.4 is 4.72 Å². The van der Waals surface area contributed by atoms with Crippen molar-refractivity contribution in [1.29, 1.82) is 0 Å². The Kier molecular flexibility index (Phi) is 4.43. The number of sulfonamides is 1. The Balaban J connectivity index is 2.19. The third-order valence-corrected chi connectivity index (χ3v) is 5.20. The van der Waals surface area contributed by atoms with Crippen molar-refractivity contribution in [3.63, 3.8) is 0 Å². The van der Waals surface area contributed by atoms with Crippen molar-refractivity contribution < 1.29 is 17.2 Å². The van der Waals surface area contributed by atoms with Crippen LogP contribution in [0.3, 0.4) is 0 Å². The highest BCUT2D eigenvalue weighted by Gasteiger charge is 2.28. The van der Waals surface area contributed by atoms with Gasteiger partial charge in [0.1, 0.15) is 0 Å².